The van der Waals surface area contributed by atoms with E-state index in [0.717, 1.165) is 12.8 Å². The van der Waals surface area contributed by atoms with Gasteiger partial charge in [0.2, 0.25) is 0 Å². The van der Waals surface area contributed by atoms with Gasteiger partial charge in [-0.3, -0.25) is 4.79 Å². The molecule has 0 aliphatic heterocycles. The zero-order valence-corrected chi connectivity index (χ0v) is 13.6. The topological polar surface area (TPSA) is 26.3 Å². The number of carbonyl (C=O) groups is 1. The van der Waals surface area contributed by atoms with Crippen LogP contribution in [0.5, 0.6) is 0 Å². The molecule has 0 aliphatic carbocycles. The lowest BCUT2D eigenvalue weighted by Crippen LogP contribution is -2.23. The third kappa shape index (κ3) is 15.9. The van der Waals surface area contributed by atoms with Crippen LogP contribution in [-0.4, -0.2) is 11.6 Å². The Morgan fingerprint density at radius 3 is 1.88 bits per heavy atom. The van der Waals surface area contributed by atoms with Crippen LogP contribution in [0.3, 0.4) is 0 Å². The van der Waals surface area contributed by atoms with Gasteiger partial charge in [-0.25, -0.2) is 0 Å². The van der Waals surface area contributed by atoms with Crippen LogP contribution in [0.4, 0.5) is 0 Å². The van der Waals surface area contributed by atoms with Gasteiger partial charge in [0.05, 0.1) is 0 Å². The van der Waals surface area contributed by atoms with Gasteiger partial charge in [0.15, 0.2) is 0 Å². The van der Waals surface area contributed by atoms with Gasteiger partial charge in [0.1, 0.15) is 5.60 Å². The molecule has 0 heterocycles. The van der Waals surface area contributed by atoms with Gasteiger partial charge in [-0.1, -0.05) is 45.4 Å². The molecule has 0 aromatic heterocycles. The van der Waals surface area contributed by atoms with Gasteiger partial charge in [-0.2, -0.15) is 0 Å². The summed E-state index contributed by atoms with van der Waals surface area (Å²) in [5, 5.41) is 0. The Morgan fingerprint density at radius 2 is 1.41 bits per heavy atom. The van der Waals surface area contributed by atoms with Gasteiger partial charge in [0, 0.05) is 6.42 Å². The normalized spacial score (nSPS) is 10.8. The smallest absolute Gasteiger partial charge is 0.306 e. The molecule has 0 unspecified atom stereocenters. The first-order valence-electron chi connectivity index (χ1n) is 6.67. The number of esters is 1. The number of hydrogen-bond acceptors (Lipinski definition) is 2. The van der Waals surface area contributed by atoms with Gasteiger partial charge in [-0.15, -0.1) is 17.0 Å². The fourth-order valence-corrected chi connectivity index (χ4v) is 1.62. The minimum absolute atomic E-state index is 0. The van der Waals surface area contributed by atoms with Crippen LogP contribution >= 0.6 is 17.0 Å². The summed E-state index contributed by atoms with van der Waals surface area (Å²) in [4.78, 5) is 11.4. The Labute approximate surface area is 117 Å². The minimum atomic E-state index is -0.335. The Kier molecular flexibility index (Phi) is 12.6. The van der Waals surface area contributed by atoms with Crippen LogP contribution in [0.2, 0.25) is 0 Å². The zero-order valence-electron chi connectivity index (χ0n) is 11.9. The van der Waals surface area contributed by atoms with Crippen molar-refractivity contribution in [1.82, 2.24) is 0 Å². The summed E-state index contributed by atoms with van der Waals surface area (Å²) in [5.74, 6) is -0.0546. The largest absolute Gasteiger partial charge is 0.460 e. The van der Waals surface area contributed by atoms with Crippen LogP contribution in [0.15, 0.2) is 0 Å². The molecule has 0 aromatic carbocycles. The van der Waals surface area contributed by atoms with E-state index in [1.54, 1.807) is 0 Å². The Hall–Kier alpha value is -0.0500. The molecule has 2 nitrogen and oxygen atoms in total. The Morgan fingerprint density at radius 1 is 0.941 bits per heavy atom. The van der Waals surface area contributed by atoms with Crippen molar-refractivity contribution in [2.24, 2.45) is 0 Å². The molecular weight excluding hydrogens is 280 g/mol. The van der Waals surface area contributed by atoms with E-state index in [9.17, 15) is 4.79 Å². The lowest BCUT2D eigenvalue weighted by molar-refractivity contribution is -0.154. The molecule has 0 spiro atoms. The first-order valence-corrected chi connectivity index (χ1v) is 6.67. The standard InChI is InChI=1S/C14H28O2.BrH/c1-5-6-7-8-9-10-11-12-13(15)16-14(2,3)4;/h5-12H2,1-4H3;1H. The third-order valence-electron chi connectivity index (χ3n) is 2.40. The van der Waals surface area contributed by atoms with Crippen LogP contribution in [-0.2, 0) is 9.53 Å². The molecule has 0 aliphatic rings. The van der Waals surface area contributed by atoms with Crippen molar-refractivity contribution < 1.29 is 9.53 Å². The lowest BCUT2D eigenvalue weighted by atomic mass is 10.1. The van der Waals surface area contributed by atoms with Crippen LogP contribution in [0, 0.1) is 0 Å². The summed E-state index contributed by atoms with van der Waals surface area (Å²) >= 11 is 0. The van der Waals surface area contributed by atoms with Crippen LogP contribution in [0.25, 0.3) is 0 Å². The molecule has 0 rings (SSSR count). The number of halogens is 1. The van der Waals surface area contributed by atoms with Crippen molar-refractivity contribution in [3.8, 4) is 0 Å². The van der Waals surface area contributed by atoms with Gasteiger partial charge in [-0.05, 0) is 27.2 Å². The van der Waals surface area contributed by atoms with Gasteiger partial charge >= 0.3 is 5.97 Å². The number of carbonyl (C=O) groups excluding carboxylic acids is 1. The summed E-state index contributed by atoms with van der Waals surface area (Å²) in [6, 6.07) is 0. The van der Waals surface area contributed by atoms with Crippen molar-refractivity contribution in [2.45, 2.75) is 84.7 Å². The van der Waals surface area contributed by atoms with Crippen molar-refractivity contribution in [2.75, 3.05) is 0 Å². The highest BCUT2D eigenvalue weighted by Gasteiger charge is 2.15. The second-order valence-electron chi connectivity index (χ2n) is 5.46. The molecule has 3 heteroatoms. The molecule has 0 saturated heterocycles. The molecule has 104 valence electrons. The minimum Gasteiger partial charge on any atom is -0.460 e. The number of ether oxygens (including phenoxy) is 1. The summed E-state index contributed by atoms with van der Waals surface area (Å²) in [6.45, 7) is 7.96. The van der Waals surface area contributed by atoms with E-state index in [0.29, 0.717) is 6.42 Å². The van der Waals surface area contributed by atoms with Crippen LogP contribution < -0.4 is 0 Å². The van der Waals surface area contributed by atoms with Crippen LogP contribution in [0.1, 0.15) is 79.1 Å². The average Bonchev–Trinajstić information content (AvgIpc) is 2.13. The van der Waals surface area contributed by atoms with E-state index in [4.69, 9.17) is 4.74 Å². The maximum absolute atomic E-state index is 11.4. The molecule has 0 atom stereocenters. The van der Waals surface area contributed by atoms with Crippen molar-refractivity contribution >= 4 is 23.0 Å². The van der Waals surface area contributed by atoms with Gasteiger partial charge < -0.3 is 4.74 Å². The second-order valence-corrected chi connectivity index (χ2v) is 5.46. The predicted octanol–water partition coefficient (Wildman–Crippen LogP) is 5.05. The van der Waals surface area contributed by atoms with E-state index < -0.39 is 0 Å². The first-order chi connectivity index (χ1) is 7.45. The summed E-state index contributed by atoms with van der Waals surface area (Å²) in [6.07, 6.45) is 9.23. The summed E-state index contributed by atoms with van der Waals surface area (Å²) in [7, 11) is 0. The molecule has 0 N–H and O–H groups in total. The number of unbranched alkanes of at least 4 members (excludes halogenated alkanes) is 6. The maximum Gasteiger partial charge on any atom is 0.306 e. The van der Waals surface area contributed by atoms with Gasteiger partial charge in [0.25, 0.3) is 0 Å². The highest BCUT2D eigenvalue weighted by molar-refractivity contribution is 8.93. The number of hydrogen-bond donors (Lipinski definition) is 0. The fraction of sp³-hybridized carbons (Fsp3) is 0.929. The third-order valence-corrected chi connectivity index (χ3v) is 2.40. The SMILES string of the molecule is Br.CCCCCCCCCC(=O)OC(C)(C)C. The molecular formula is C14H29BrO2. The molecule has 0 radical (unpaired) electrons. The highest BCUT2D eigenvalue weighted by atomic mass is 79.9. The summed E-state index contributed by atoms with van der Waals surface area (Å²) < 4.78 is 5.24. The van der Waals surface area contributed by atoms with E-state index >= 15 is 0 Å². The van der Waals surface area contributed by atoms with Crippen molar-refractivity contribution in [3.63, 3.8) is 0 Å². The fourth-order valence-electron chi connectivity index (χ4n) is 1.62. The molecule has 0 bridgehead atoms. The van der Waals surface area contributed by atoms with Crippen molar-refractivity contribution in [1.29, 1.82) is 0 Å². The maximum atomic E-state index is 11.4. The van der Waals surface area contributed by atoms with E-state index in [1.807, 2.05) is 20.8 Å². The molecule has 0 fully saturated rings. The first kappa shape index (κ1) is 19.3. The average molecular weight is 309 g/mol. The highest BCUT2D eigenvalue weighted by Crippen LogP contribution is 2.12. The molecule has 0 saturated carbocycles. The Balaban J connectivity index is 0. The van der Waals surface area contributed by atoms with Crippen molar-refractivity contribution in [3.05, 3.63) is 0 Å². The molecule has 17 heavy (non-hydrogen) atoms. The monoisotopic (exact) mass is 308 g/mol. The zero-order chi connectivity index (χ0) is 12.4. The Bertz CT molecular complexity index is 185. The lowest BCUT2D eigenvalue weighted by Gasteiger charge is -2.19. The summed E-state index contributed by atoms with van der Waals surface area (Å²) in [5.41, 5.74) is -0.335. The molecule has 0 aromatic rings. The van der Waals surface area contributed by atoms with E-state index in [2.05, 4.69) is 6.92 Å². The quantitative estimate of drug-likeness (QED) is 0.463. The number of rotatable bonds is 8. The molecule has 0 amide bonds. The van der Waals surface area contributed by atoms with E-state index in [-0.39, 0.29) is 28.6 Å². The second kappa shape index (κ2) is 11.1. The predicted molar refractivity (Wildman–Crippen MR) is 78.8 cm³/mol. The van der Waals surface area contributed by atoms with E-state index in [1.165, 1.54) is 32.1 Å².